The summed E-state index contributed by atoms with van der Waals surface area (Å²) < 4.78 is 2.11. The van der Waals surface area contributed by atoms with Crippen molar-refractivity contribution in [2.45, 2.75) is 52.5 Å². The van der Waals surface area contributed by atoms with Gasteiger partial charge in [-0.2, -0.15) is 0 Å². The molecule has 2 heterocycles. The van der Waals surface area contributed by atoms with E-state index in [4.69, 9.17) is 4.98 Å². The molecule has 0 spiro atoms. The molecule has 1 atom stereocenters. The van der Waals surface area contributed by atoms with Crippen molar-refractivity contribution >= 4 is 0 Å². The Kier molecular flexibility index (Phi) is 3.59. The standard InChI is InChI=1S/C15H23N5/c1-10(2)8-11(3)15-18-14(13-16-6-7-17-13)19-20(15)9-12-4-5-12/h6-7,10-12H,4-5,8-9H2,1-3H3,(H,16,17). The van der Waals surface area contributed by atoms with Crippen LogP contribution in [0, 0.1) is 11.8 Å². The van der Waals surface area contributed by atoms with Crippen LogP contribution in [0.3, 0.4) is 0 Å². The van der Waals surface area contributed by atoms with Crippen LogP contribution in [0.2, 0.25) is 0 Å². The molecule has 5 heteroatoms. The lowest BCUT2D eigenvalue weighted by Gasteiger charge is -2.14. The molecule has 1 aliphatic carbocycles. The first-order valence-corrected chi connectivity index (χ1v) is 7.58. The van der Waals surface area contributed by atoms with E-state index in [1.54, 1.807) is 6.20 Å². The number of imidazole rings is 1. The molecule has 0 aromatic carbocycles. The van der Waals surface area contributed by atoms with Crippen molar-refractivity contribution < 1.29 is 0 Å². The fraction of sp³-hybridized carbons (Fsp3) is 0.667. The van der Waals surface area contributed by atoms with Crippen LogP contribution in [0.15, 0.2) is 12.4 Å². The molecule has 0 saturated heterocycles. The lowest BCUT2D eigenvalue weighted by molar-refractivity contribution is 0.460. The summed E-state index contributed by atoms with van der Waals surface area (Å²) in [7, 11) is 0. The smallest absolute Gasteiger partial charge is 0.217 e. The van der Waals surface area contributed by atoms with Gasteiger partial charge in [0.15, 0.2) is 5.82 Å². The van der Waals surface area contributed by atoms with Crippen LogP contribution < -0.4 is 0 Å². The number of aromatic amines is 1. The Hall–Kier alpha value is -1.65. The van der Waals surface area contributed by atoms with Crippen LogP contribution in [0.25, 0.3) is 11.6 Å². The summed E-state index contributed by atoms with van der Waals surface area (Å²) >= 11 is 0. The second-order valence-corrected chi connectivity index (χ2v) is 6.39. The Morgan fingerprint density at radius 2 is 2.15 bits per heavy atom. The van der Waals surface area contributed by atoms with E-state index in [-0.39, 0.29) is 0 Å². The molecule has 1 fully saturated rings. The summed E-state index contributed by atoms with van der Waals surface area (Å²) in [5.74, 6) is 4.50. The first-order valence-electron chi connectivity index (χ1n) is 7.58. The van der Waals surface area contributed by atoms with E-state index in [9.17, 15) is 0 Å². The molecule has 2 aromatic heterocycles. The average molecular weight is 273 g/mol. The van der Waals surface area contributed by atoms with Gasteiger partial charge in [-0.05, 0) is 31.1 Å². The molecule has 5 nitrogen and oxygen atoms in total. The maximum Gasteiger partial charge on any atom is 0.217 e. The molecule has 3 rings (SSSR count). The van der Waals surface area contributed by atoms with Crippen molar-refractivity contribution in [1.82, 2.24) is 24.7 Å². The minimum absolute atomic E-state index is 0.435. The summed E-state index contributed by atoms with van der Waals surface area (Å²) in [4.78, 5) is 12.1. The highest BCUT2D eigenvalue weighted by molar-refractivity contribution is 5.41. The van der Waals surface area contributed by atoms with E-state index in [0.29, 0.717) is 11.8 Å². The molecular weight excluding hydrogens is 250 g/mol. The van der Waals surface area contributed by atoms with Gasteiger partial charge in [0.05, 0.1) is 0 Å². The quantitative estimate of drug-likeness (QED) is 0.879. The predicted molar refractivity (Wildman–Crippen MR) is 78.2 cm³/mol. The highest BCUT2D eigenvalue weighted by Crippen LogP contribution is 2.32. The minimum atomic E-state index is 0.435. The van der Waals surface area contributed by atoms with Gasteiger partial charge < -0.3 is 4.98 Å². The van der Waals surface area contributed by atoms with Gasteiger partial charge in [-0.3, -0.25) is 0 Å². The van der Waals surface area contributed by atoms with Crippen molar-refractivity contribution in [2.75, 3.05) is 0 Å². The van der Waals surface area contributed by atoms with Gasteiger partial charge in [0.1, 0.15) is 5.82 Å². The van der Waals surface area contributed by atoms with Crippen LogP contribution in [0.5, 0.6) is 0 Å². The third-order valence-corrected chi connectivity index (χ3v) is 3.80. The fourth-order valence-electron chi connectivity index (χ4n) is 2.70. The zero-order chi connectivity index (χ0) is 14.1. The first kappa shape index (κ1) is 13.3. The van der Waals surface area contributed by atoms with E-state index in [1.807, 2.05) is 6.20 Å². The first-order chi connectivity index (χ1) is 9.63. The van der Waals surface area contributed by atoms with E-state index in [1.165, 1.54) is 12.8 Å². The molecule has 1 N–H and O–H groups in total. The van der Waals surface area contributed by atoms with Crippen molar-refractivity contribution in [3.05, 3.63) is 18.2 Å². The largest absolute Gasteiger partial charge is 0.342 e. The molecule has 2 aromatic rings. The molecular formula is C15H23N5. The number of hydrogen-bond donors (Lipinski definition) is 1. The fourth-order valence-corrected chi connectivity index (χ4v) is 2.70. The number of nitrogens with one attached hydrogen (secondary N) is 1. The second kappa shape index (κ2) is 5.38. The van der Waals surface area contributed by atoms with E-state index >= 15 is 0 Å². The number of hydrogen-bond acceptors (Lipinski definition) is 3. The SMILES string of the molecule is CC(C)CC(C)c1nc(-c2ncc[nH]2)nn1CC1CC1. The van der Waals surface area contributed by atoms with Crippen molar-refractivity contribution in [1.29, 1.82) is 0 Å². The molecule has 0 bridgehead atoms. The Balaban J connectivity index is 1.88. The number of H-pyrrole nitrogens is 1. The van der Waals surface area contributed by atoms with Gasteiger partial charge in [-0.1, -0.05) is 20.8 Å². The van der Waals surface area contributed by atoms with E-state index in [2.05, 4.69) is 40.5 Å². The molecule has 108 valence electrons. The zero-order valence-corrected chi connectivity index (χ0v) is 12.5. The van der Waals surface area contributed by atoms with Crippen molar-refractivity contribution in [2.24, 2.45) is 11.8 Å². The number of aromatic nitrogens is 5. The van der Waals surface area contributed by atoms with Crippen molar-refractivity contribution in [3.63, 3.8) is 0 Å². The highest BCUT2D eigenvalue weighted by Gasteiger charge is 2.26. The Bertz CT molecular complexity index is 551. The normalized spacial score (nSPS) is 16.8. The molecule has 0 radical (unpaired) electrons. The van der Waals surface area contributed by atoms with Gasteiger partial charge in [-0.25, -0.2) is 14.6 Å². The second-order valence-electron chi connectivity index (χ2n) is 6.39. The van der Waals surface area contributed by atoms with Crippen LogP contribution in [0.4, 0.5) is 0 Å². The molecule has 0 amide bonds. The third kappa shape index (κ3) is 2.92. The Morgan fingerprint density at radius 1 is 1.35 bits per heavy atom. The third-order valence-electron chi connectivity index (χ3n) is 3.80. The zero-order valence-electron chi connectivity index (χ0n) is 12.5. The van der Waals surface area contributed by atoms with Crippen LogP contribution in [-0.2, 0) is 6.54 Å². The lowest BCUT2D eigenvalue weighted by atomic mass is 9.98. The summed E-state index contributed by atoms with van der Waals surface area (Å²) in [6.45, 7) is 7.77. The number of rotatable bonds is 6. The summed E-state index contributed by atoms with van der Waals surface area (Å²) in [5.41, 5.74) is 0. The monoisotopic (exact) mass is 273 g/mol. The molecule has 20 heavy (non-hydrogen) atoms. The topological polar surface area (TPSA) is 59.4 Å². The molecule has 1 saturated carbocycles. The lowest BCUT2D eigenvalue weighted by Crippen LogP contribution is -2.11. The van der Waals surface area contributed by atoms with Gasteiger partial charge in [0.25, 0.3) is 0 Å². The van der Waals surface area contributed by atoms with Gasteiger partial charge in [-0.15, -0.1) is 5.10 Å². The van der Waals surface area contributed by atoms with Gasteiger partial charge in [0.2, 0.25) is 5.82 Å². The molecule has 0 aliphatic heterocycles. The molecule has 1 unspecified atom stereocenters. The van der Waals surface area contributed by atoms with E-state index < -0.39 is 0 Å². The van der Waals surface area contributed by atoms with E-state index in [0.717, 1.165) is 36.4 Å². The predicted octanol–water partition coefficient (Wildman–Crippen LogP) is 3.23. The van der Waals surface area contributed by atoms with Gasteiger partial charge in [0, 0.05) is 24.9 Å². The maximum absolute atomic E-state index is 4.74. The number of nitrogens with zero attached hydrogens (tertiary/aromatic N) is 4. The summed E-state index contributed by atoms with van der Waals surface area (Å²) in [5, 5.41) is 4.67. The van der Waals surface area contributed by atoms with Crippen LogP contribution in [0.1, 0.15) is 51.8 Å². The van der Waals surface area contributed by atoms with Crippen molar-refractivity contribution in [3.8, 4) is 11.6 Å². The Morgan fingerprint density at radius 3 is 2.75 bits per heavy atom. The highest BCUT2D eigenvalue weighted by atomic mass is 15.4. The minimum Gasteiger partial charge on any atom is -0.342 e. The average Bonchev–Trinajstić information content (AvgIpc) is 2.91. The van der Waals surface area contributed by atoms with Gasteiger partial charge >= 0.3 is 0 Å². The van der Waals surface area contributed by atoms with Crippen LogP contribution >= 0.6 is 0 Å². The summed E-state index contributed by atoms with van der Waals surface area (Å²) in [6, 6.07) is 0. The summed E-state index contributed by atoms with van der Waals surface area (Å²) in [6.07, 6.45) is 7.35. The Labute approximate surface area is 119 Å². The van der Waals surface area contributed by atoms with Crippen LogP contribution in [-0.4, -0.2) is 24.7 Å². The maximum atomic E-state index is 4.74. The molecule has 1 aliphatic rings.